The molecule has 28 heavy (non-hydrogen) atoms. The van der Waals surface area contributed by atoms with Gasteiger partial charge in [0.05, 0.1) is 6.20 Å². The number of para-hydroxylation sites is 1. The highest BCUT2D eigenvalue weighted by Gasteiger charge is 2.15. The lowest BCUT2D eigenvalue weighted by atomic mass is 10.2. The van der Waals surface area contributed by atoms with E-state index in [2.05, 4.69) is 15.2 Å². The smallest absolute Gasteiger partial charge is 0.137 e. The summed E-state index contributed by atoms with van der Waals surface area (Å²) >= 11 is 1.97. The summed E-state index contributed by atoms with van der Waals surface area (Å²) < 4.78 is 11.5. The fourth-order valence-corrected chi connectivity index (χ4v) is 3.99. The number of nitrogens with one attached hydrogen (secondary N) is 1. The lowest BCUT2D eigenvalue weighted by Crippen LogP contribution is -2.40. The molecule has 0 spiro atoms. The molecule has 1 aliphatic rings. The van der Waals surface area contributed by atoms with Crippen LogP contribution in [0, 0.1) is 0 Å². The quantitative estimate of drug-likeness (QED) is 0.557. The molecule has 1 unspecified atom stereocenters. The molecule has 1 fully saturated rings. The Kier molecular flexibility index (Phi) is 8.90. The maximum Gasteiger partial charge on any atom is 0.137 e. The number of aliphatic hydroxyl groups is 1. The SMILES string of the molecule is OC(COc1ccccc1CNCCOc1cccnc1)CN1CCSCC1. The summed E-state index contributed by atoms with van der Waals surface area (Å²) in [4.78, 5) is 6.33. The fourth-order valence-electron chi connectivity index (χ4n) is 3.01. The Morgan fingerprint density at radius 3 is 2.82 bits per heavy atom. The van der Waals surface area contributed by atoms with Crippen molar-refractivity contribution in [3.63, 3.8) is 0 Å². The lowest BCUT2D eigenvalue weighted by Gasteiger charge is -2.28. The van der Waals surface area contributed by atoms with Crippen LogP contribution >= 0.6 is 11.8 Å². The van der Waals surface area contributed by atoms with Crippen LogP contribution < -0.4 is 14.8 Å². The highest BCUT2D eigenvalue weighted by molar-refractivity contribution is 7.99. The predicted octanol–water partition coefficient (Wildman–Crippen LogP) is 2.04. The number of nitrogens with zero attached hydrogens (tertiary/aromatic N) is 2. The van der Waals surface area contributed by atoms with Crippen molar-refractivity contribution in [1.29, 1.82) is 0 Å². The maximum atomic E-state index is 10.3. The Hall–Kier alpha value is -1.80. The molecule has 1 aliphatic heterocycles. The molecule has 1 saturated heterocycles. The summed E-state index contributed by atoms with van der Waals surface area (Å²) in [5, 5.41) is 13.7. The molecule has 0 saturated carbocycles. The molecule has 2 N–H and O–H groups in total. The van der Waals surface area contributed by atoms with E-state index in [1.54, 1.807) is 12.4 Å². The third-order valence-corrected chi connectivity index (χ3v) is 5.42. The van der Waals surface area contributed by atoms with Crippen molar-refractivity contribution in [2.45, 2.75) is 12.6 Å². The first-order chi connectivity index (χ1) is 13.8. The zero-order chi connectivity index (χ0) is 19.4. The fraction of sp³-hybridized carbons (Fsp3) is 0.476. The number of hydrogen-bond donors (Lipinski definition) is 2. The van der Waals surface area contributed by atoms with Gasteiger partial charge in [0, 0.05) is 56.0 Å². The van der Waals surface area contributed by atoms with Crippen LogP contribution in [0.5, 0.6) is 11.5 Å². The van der Waals surface area contributed by atoms with E-state index in [0.29, 0.717) is 26.3 Å². The summed E-state index contributed by atoms with van der Waals surface area (Å²) in [5.41, 5.74) is 1.07. The first-order valence-corrected chi connectivity index (χ1v) is 10.9. The molecule has 0 bridgehead atoms. The number of aromatic nitrogens is 1. The van der Waals surface area contributed by atoms with Crippen molar-refractivity contribution in [3.8, 4) is 11.5 Å². The summed E-state index contributed by atoms with van der Waals surface area (Å²) in [7, 11) is 0. The Labute approximate surface area is 171 Å². The second-order valence-electron chi connectivity index (χ2n) is 6.70. The second kappa shape index (κ2) is 11.9. The first kappa shape index (κ1) is 20.9. The molecular weight excluding hydrogens is 374 g/mol. The van der Waals surface area contributed by atoms with E-state index in [4.69, 9.17) is 9.47 Å². The molecule has 0 amide bonds. The molecule has 2 heterocycles. The molecule has 2 aromatic rings. The van der Waals surface area contributed by atoms with Crippen LogP contribution in [0.1, 0.15) is 5.56 Å². The molecule has 152 valence electrons. The van der Waals surface area contributed by atoms with E-state index >= 15 is 0 Å². The predicted molar refractivity (Wildman–Crippen MR) is 113 cm³/mol. The van der Waals surface area contributed by atoms with Crippen LogP contribution in [0.4, 0.5) is 0 Å². The van der Waals surface area contributed by atoms with E-state index in [1.165, 1.54) is 0 Å². The number of rotatable bonds is 11. The normalized spacial score (nSPS) is 15.9. The Morgan fingerprint density at radius 2 is 2.00 bits per heavy atom. The summed E-state index contributed by atoms with van der Waals surface area (Å²) in [5.74, 6) is 3.88. The van der Waals surface area contributed by atoms with Gasteiger partial charge in [-0.2, -0.15) is 11.8 Å². The van der Waals surface area contributed by atoms with E-state index < -0.39 is 6.10 Å². The minimum absolute atomic E-state index is 0.310. The van der Waals surface area contributed by atoms with Gasteiger partial charge in [-0.25, -0.2) is 0 Å². The van der Waals surface area contributed by atoms with Gasteiger partial charge >= 0.3 is 0 Å². The highest BCUT2D eigenvalue weighted by atomic mass is 32.2. The van der Waals surface area contributed by atoms with Crippen LogP contribution in [0.3, 0.4) is 0 Å². The van der Waals surface area contributed by atoms with Gasteiger partial charge in [0.2, 0.25) is 0 Å². The Bertz CT molecular complexity index is 684. The van der Waals surface area contributed by atoms with Gasteiger partial charge in [0.25, 0.3) is 0 Å². The Balaban J connectivity index is 1.37. The molecule has 1 aromatic heterocycles. The van der Waals surface area contributed by atoms with Gasteiger partial charge in [-0.3, -0.25) is 9.88 Å². The largest absolute Gasteiger partial charge is 0.491 e. The molecule has 6 nitrogen and oxygen atoms in total. The van der Waals surface area contributed by atoms with Gasteiger partial charge in [-0.1, -0.05) is 18.2 Å². The summed E-state index contributed by atoms with van der Waals surface area (Å²) in [6.45, 7) is 5.05. The number of β-amino-alcohol motifs (C(OH)–C–C–N with tert-alkyl or cyclic N) is 1. The standard InChI is InChI=1S/C21H29N3O3S/c25-19(16-24-9-12-28-13-10-24)17-27-21-6-2-1-4-18(21)14-23-8-11-26-20-5-3-7-22-15-20/h1-7,15,19,23,25H,8-14,16-17H2. The van der Waals surface area contributed by atoms with Gasteiger partial charge in [0.15, 0.2) is 0 Å². The van der Waals surface area contributed by atoms with Crippen molar-refractivity contribution >= 4 is 11.8 Å². The van der Waals surface area contributed by atoms with Crippen molar-refractivity contribution in [2.24, 2.45) is 0 Å². The van der Waals surface area contributed by atoms with Gasteiger partial charge in [-0.05, 0) is 18.2 Å². The maximum absolute atomic E-state index is 10.3. The topological polar surface area (TPSA) is 66.8 Å². The van der Waals surface area contributed by atoms with Crippen molar-refractivity contribution in [3.05, 3.63) is 54.4 Å². The first-order valence-electron chi connectivity index (χ1n) is 9.73. The molecular formula is C21H29N3O3S. The zero-order valence-corrected chi connectivity index (χ0v) is 16.9. The van der Waals surface area contributed by atoms with E-state index in [0.717, 1.165) is 48.2 Å². The summed E-state index contributed by atoms with van der Waals surface area (Å²) in [6.07, 6.45) is 2.96. The Morgan fingerprint density at radius 1 is 1.14 bits per heavy atom. The van der Waals surface area contributed by atoms with E-state index in [9.17, 15) is 5.11 Å². The van der Waals surface area contributed by atoms with E-state index in [1.807, 2.05) is 48.2 Å². The lowest BCUT2D eigenvalue weighted by molar-refractivity contribution is 0.0711. The molecule has 3 rings (SSSR count). The van der Waals surface area contributed by atoms with E-state index in [-0.39, 0.29) is 0 Å². The average Bonchev–Trinajstić information content (AvgIpc) is 2.74. The average molecular weight is 404 g/mol. The van der Waals surface area contributed by atoms with Crippen LogP contribution in [0.2, 0.25) is 0 Å². The number of ether oxygens (including phenoxy) is 2. The number of hydrogen-bond acceptors (Lipinski definition) is 7. The molecule has 0 radical (unpaired) electrons. The van der Waals surface area contributed by atoms with Crippen LogP contribution in [-0.2, 0) is 6.54 Å². The van der Waals surface area contributed by atoms with Crippen LogP contribution in [-0.4, -0.2) is 72.0 Å². The van der Waals surface area contributed by atoms with Gasteiger partial charge in [-0.15, -0.1) is 0 Å². The monoisotopic (exact) mass is 403 g/mol. The molecule has 1 aromatic carbocycles. The van der Waals surface area contributed by atoms with Crippen molar-refractivity contribution in [2.75, 3.05) is 50.9 Å². The van der Waals surface area contributed by atoms with Crippen LogP contribution in [0.15, 0.2) is 48.8 Å². The third-order valence-electron chi connectivity index (χ3n) is 4.47. The molecule has 1 atom stereocenters. The van der Waals surface area contributed by atoms with Gasteiger partial charge < -0.3 is 19.9 Å². The number of aliphatic hydroxyl groups excluding tert-OH is 1. The second-order valence-corrected chi connectivity index (χ2v) is 7.92. The minimum Gasteiger partial charge on any atom is -0.491 e. The number of benzene rings is 1. The molecule has 0 aliphatic carbocycles. The van der Waals surface area contributed by atoms with Crippen molar-refractivity contribution in [1.82, 2.24) is 15.2 Å². The van der Waals surface area contributed by atoms with Crippen LogP contribution in [0.25, 0.3) is 0 Å². The number of thioether (sulfide) groups is 1. The van der Waals surface area contributed by atoms with Gasteiger partial charge in [0.1, 0.15) is 30.8 Å². The summed E-state index contributed by atoms with van der Waals surface area (Å²) in [6, 6.07) is 11.7. The highest BCUT2D eigenvalue weighted by Crippen LogP contribution is 2.18. The third kappa shape index (κ3) is 7.31. The zero-order valence-electron chi connectivity index (χ0n) is 16.1. The minimum atomic E-state index is -0.475. The number of pyridine rings is 1. The molecule has 7 heteroatoms. The van der Waals surface area contributed by atoms with Crippen molar-refractivity contribution < 1.29 is 14.6 Å².